The number of carboxylic acids is 1. The first-order valence-corrected chi connectivity index (χ1v) is 17.5. The molecule has 1 atom stereocenters. The summed E-state index contributed by atoms with van der Waals surface area (Å²) < 4.78 is 1.39. The maximum atomic E-state index is 14.1. The number of piperazine rings is 1. The number of carboxylic acid groups (broad SMARTS) is 1. The number of hydrogen-bond donors (Lipinski definition) is 2. The second-order valence-corrected chi connectivity index (χ2v) is 13.9. The molecule has 1 aromatic carbocycles. The van der Waals surface area contributed by atoms with Crippen LogP contribution >= 0.6 is 11.9 Å². The largest absolute Gasteiger partial charge is 0.478 e. The molecular formula is C35H45N5O4S. The van der Waals surface area contributed by atoms with Crippen molar-refractivity contribution >= 4 is 40.6 Å². The maximum absolute atomic E-state index is 14.1. The molecule has 2 N–H and O–H groups in total. The zero-order chi connectivity index (χ0) is 31.3. The van der Waals surface area contributed by atoms with Crippen molar-refractivity contribution in [3.63, 3.8) is 0 Å². The molecule has 1 saturated heterocycles. The van der Waals surface area contributed by atoms with Gasteiger partial charge in [0.05, 0.1) is 5.56 Å². The molecule has 3 fully saturated rings. The van der Waals surface area contributed by atoms with Gasteiger partial charge in [0.1, 0.15) is 16.8 Å². The van der Waals surface area contributed by atoms with Gasteiger partial charge in [-0.25, -0.2) is 9.78 Å². The van der Waals surface area contributed by atoms with E-state index in [4.69, 9.17) is 0 Å². The van der Waals surface area contributed by atoms with Crippen molar-refractivity contribution in [3.05, 3.63) is 59.9 Å². The number of amides is 2. The first-order chi connectivity index (χ1) is 21.9. The van der Waals surface area contributed by atoms with Crippen LogP contribution in [0.4, 0.5) is 0 Å². The molecule has 2 aliphatic carbocycles. The van der Waals surface area contributed by atoms with Crippen LogP contribution in [-0.2, 0) is 4.79 Å². The van der Waals surface area contributed by atoms with E-state index < -0.39 is 17.9 Å². The van der Waals surface area contributed by atoms with Crippen LogP contribution in [0.25, 0.3) is 10.9 Å². The number of fused-ring (bicyclic) bond motifs is 1. The van der Waals surface area contributed by atoms with Gasteiger partial charge in [-0.1, -0.05) is 56.7 Å². The number of para-hydroxylation sites is 1. The summed E-state index contributed by atoms with van der Waals surface area (Å²) in [6.45, 7) is 4.69. The zero-order valence-corrected chi connectivity index (χ0v) is 27.0. The normalized spacial score (nSPS) is 19.6. The molecule has 3 aromatic rings. The molecule has 2 saturated carbocycles. The van der Waals surface area contributed by atoms with E-state index in [1.807, 2.05) is 29.2 Å². The van der Waals surface area contributed by atoms with Gasteiger partial charge >= 0.3 is 5.97 Å². The Balaban J connectivity index is 1.20. The summed E-state index contributed by atoms with van der Waals surface area (Å²) in [6.07, 6.45) is 14.8. The third-order valence-electron chi connectivity index (χ3n) is 10.2. The number of carbonyl (C=O) groups excluding carboxylic acids is 2. The quantitative estimate of drug-likeness (QED) is 0.261. The smallest absolute Gasteiger partial charge is 0.338 e. The van der Waals surface area contributed by atoms with Gasteiger partial charge in [0.25, 0.3) is 5.91 Å². The average molecular weight is 632 g/mol. The Morgan fingerprint density at radius 3 is 2.18 bits per heavy atom. The van der Waals surface area contributed by atoms with Gasteiger partial charge < -0.3 is 15.0 Å². The Morgan fingerprint density at radius 1 is 0.911 bits per heavy atom. The van der Waals surface area contributed by atoms with E-state index in [1.54, 1.807) is 19.1 Å². The lowest BCUT2D eigenvalue weighted by molar-refractivity contribution is -0.136. The van der Waals surface area contributed by atoms with E-state index in [-0.39, 0.29) is 16.5 Å². The van der Waals surface area contributed by atoms with E-state index in [2.05, 4.69) is 14.9 Å². The van der Waals surface area contributed by atoms with Crippen molar-refractivity contribution in [1.82, 2.24) is 24.1 Å². The fraction of sp³-hybridized carbons (Fsp3) is 0.543. The molecule has 0 spiro atoms. The van der Waals surface area contributed by atoms with Gasteiger partial charge in [0.15, 0.2) is 0 Å². The molecule has 10 heteroatoms. The van der Waals surface area contributed by atoms with Gasteiger partial charge in [-0.2, -0.15) is 0 Å². The second kappa shape index (κ2) is 14.4. The molecule has 2 aromatic heterocycles. The summed E-state index contributed by atoms with van der Waals surface area (Å²) in [6, 6.07) is 12.2. The third kappa shape index (κ3) is 7.07. The number of nitrogens with one attached hydrogen (secondary N) is 1. The van der Waals surface area contributed by atoms with Crippen LogP contribution in [0.5, 0.6) is 0 Å². The fourth-order valence-electron chi connectivity index (χ4n) is 7.86. The number of hydrogen-bond acceptors (Lipinski definition) is 6. The molecule has 1 aliphatic heterocycles. The van der Waals surface area contributed by atoms with Crippen LogP contribution in [0, 0.1) is 11.8 Å². The predicted octanol–water partition coefficient (Wildman–Crippen LogP) is 6.47. The summed E-state index contributed by atoms with van der Waals surface area (Å²) >= 11 is 0.914. The van der Waals surface area contributed by atoms with Crippen LogP contribution in [0.3, 0.4) is 0 Å². The monoisotopic (exact) mass is 631 g/mol. The number of rotatable bonds is 9. The van der Waals surface area contributed by atoms with Gasteiger partial charge in [-0.05, 0) is 68.7 Å². The van der Waals surface area contributed by atoms with Crippen molar-refractivity contribution in [2.75, 3.05) is 26.2 Å². The van der Waals surface area contributed by atoms with Crippen molar-refractivity contribution in [1.29, 1.82) is 0 Å². The highest BCUT2D eigenvalue weighted by Crippen LogP contribution is 2.39. The molecule has 2 amide bonds. The van der Waals surface area contributed by atoms with Crippen molar-refractivity contribution < 1.29 is 19.5 Å². The molecule has 45 heavy (non-hydrogen) atoms. The number of aromatic carboxylic acids is 1. The zero-order valence-electron chi connectivity index (χ0n) is 26.2. The maximum Gasteiger partial charge on any atom is 0.338 e. The number of pyridine rings is 1. The van der Waals surface area contributed by atoms with Crippen LogP contribution in [-0.4, -0.2) is 85.2 Å². The molecule has 0 bridgehead atoms. The fourth-order valence-corrected chi connectivity index (χ4v) is 8.84. The summed E-state index contributed by atoms with van der Waals surface area (Å²) in [5, 5.41) is 10.8. The first kappa shape index (κ1) is 31.6. The topological polar surface area (TPSA) is 110 Å². The lowest BCUT2D eigenvalue weighted by atomic mass is 9.73. The molecule has 0 radical (unpaired) electrons. The van der Waals surface area contributed by atoms with Crippen LogP contribution in [0.15, 0.2) is 53.7 Å². The number of aromatic amines is 1. The third-order valence-corrected chi connectivity index (χ3v) is 11.3. The lowest BCUT2D eigenvalue weighted by Gasteiger charge is -2.48. The number of benzene rings is 1. The lowest BCUT2D eigenvalue weighted by Crippen LogP contribution is -2.58. The minimum atomic E-state index is -1.14. The Labute approximate surface area is 269 Å². The summed E-state index contributed by atoms with van der Waals surface area (Å²) in [7, 11) is 0. The summed E-state index contributed by atoms with van der Waals surface area (Å²) in [4.78, 5) is 52.2. The van der Waals surface area contributed by atoms with Crippen molar-refractivity contribution in [2.24, 2.45) is 11.8 Å². The molecule has 0 unspecified atom stereocenters. The van der Waals surface area contributed by atoms with E-state index in [9.17, 15) is 19.5 Å². The van der Waals surface area contributed by atoms with Crippen LogP contribution < -0.4 is 0 Å². The molecule has 3 heterocycles. The van der Waals surface area contributed by atoms with E-state index in [0.29, 0.717) is 24.8 Å². The highest BCUT2D eigenvalue weighted by molar-refractivity contribution is 7.97. The Bertz CT molecular complexity index is 1440. The van der Waals surface area contributed by atoms with Gasteiger partial charge in [-0.3, -0.25) is 18.8 Å². The van der Waals surface area contributed by atoms with Crippen molar-refractivity contribution in [2.45, 2.75) is 88.2 Å². The van der Waals surface area contributed by atoms with Crippen molar-refractivity contribution in [3.8, 4) is 0 Å². The van der Waals surface area contributed by atoms with E-state index in [1.165, 1.54) is 80.8 Å². The molecule has 3 aliphatic rings. The number of H-pyrrole nitrogens is 1. The molecular weight excluding hydrogens is 586 g/mol. The minimum absolute atomic E-state index is 0.0123. The van der Waals surface area contributed by atoms with E-state index >= 15 is 0 Å². The average Bonchev–Trinajstić information content (AvgIpc) is 3.52. The summed E-state index contributed by atoms with van der Waals surface area (Å²) in [5.74, 6) is -0.154. The molecule has 9 nitrogen and oxygen atoms in total. The summed E-state index contributed by atoms with van der Waals surface area (Å²) in [5.41, 5.74) is 1.14. The van der Waals surface area contributed by atoms with Crippen LogP contribution in [0.2, 0.25) is 0 Å². The Morgan fingerprint density at radius 2 is 1.56 bits per heavy atom. The molecule has 6 rings (SSSR count). The highest BCUT2D eigenvalue weighted by Gasteiger charge is 2.39. The van der Waals surface area contributed by atoms with Crippen LogP contribution in [0.1, 0.15) is 92.0 Å². The Hall–Kier alpha value is -3.37. The van der Waals surface area contributed by atoms with Gasteiger partial charge in [-0.15, -0.1) is 0 Å². The van der Waals surface area contributed by atoms with Gasteiger partial charge in [0.2, 0.25) is 5.91 Å². The Kier molecular flexibility index (Phi) is 10.1. The standard InChI is InChI=1S/C35H45N5O4S/c1-24(33(41)39-21-19-38(20-22-39)31(25-11-4-2-5-12-25)26-13-6-3-7-14-26)40(45-32-28(35(43)44)16-10-18-36-32)34(42)30-23-27-15-8-9-17-29(27)37-30/h8-10,15-18,23-26,31,37H,2-7,11-14,19-22H2,1H3,(H,43,44)/t24-/m1/s1. The number of carbonyl (C=O) groups is 3. The first-order valence-electron chi connectivity index (χ1n) is 16.7. The number of aromatic nitrogens is 2. The van der Waals surface area contributed by atoms with Gasteiger partial charge in [0, 0.05) is 61.3 Å². The van der Waals surface area contributed by atoms with E-state index in [0.717, 1.165) is 47.8 Å². The predicted molar refractivity (Wildman–Crippen MR) is 176 cm³/mol. The highest BCUT2D eigenvalue weighted by atomic mass is 32.2. The number of nitrogens with zero attached hydrogens (tertiary/aromatic N) is 4. The SMILES string of the molecule is C[C@H](C(=O)N1CCN(C(C2CCCCC2)C2CCCCC2)CC1)N(Sc1ncccc1C(=O)O)C(=O)c1cc2ccccc2[nH]1. The molecule has 240 valence electrons. The minimum Gasteiger partial charge on any atom is -0.478 e. The second-order valence-electron chi connectivity index (χ2n) is 13.0.